The van der Waals surface area contributed by atoms with Crippen LogP contribution in [0.4, 0.5) is 0 Å². The number of halogens is 1. The van der Waals surface area contributed by atoms with Crippen molar-refractivity contribution in [3.05, 3.63) is 15.9 Å². The summed E-state index contributed by atoms with van der Waals surface area (Å²) >= 11 is 3.65. The molecule has 1 saturated heterocycles. The first-order valence-electron chi connectivity index (χ1n) is 7.24. The lowest BCUT2D eigenvalue weighted by Gasteiger charge is -2.34. The van der Waals surface area contributed by atoms with Crippen LogP contribution in [0.15, 0.2) is 4.47 Å². The zero-order valence-corrected chi connectivity index (χ0v) is 14.0. The van der Waals surface area contributed by atoms with Crippen molar-refractivity contribution in [3.8, 4) is 0 Å². The zero-order chi connectivity index (χ0) is 14.7. The van der Waals surface area contributed by atoms with E-state index in [1.54, 1.807) is 7.05 Å². The zero-order valence-electron chi connectivity index (χ0n) is 12.4. The molecule has 1 aromatic rings. The van der Waals surface area contributed by atoms with Crippen molar-refractivity contribution in [2.24, 2.45) is 7.05 Å². The van der Waals surface area contributed by atoms with Gasteiger partial charge in [0.2, 0.25) is 5.91 Å². The van der Waals surface area contributed by atoms with Crippen molar-refractivity contribution >= 4 is 21.8 Å². The third-order valence-corrected chi connectivity index (χ3v) is 4.93. The largest absolute Gasteiger partial charge is 0.358 e. The topological polar surface area (TPSA) is 50.2 Å². The molecule has 1 fully saturated rings. The highest BCUT2D eigenvalue weighted by Gasteiger charge is 2.29. The third kappa shape index (κ3) is 3.06. The number of amides is 1. The van der Waals surface area contributed by atoms with Gasteiger partial charge in [-0.25, -0.2) is 0 Å². The van der Waals surface area contributed by atoms with Crippen LogP contribution in [0.1, 0.15) is 37.6 Å². The van der Waals surface area contributed by atoms with Crippen molar-refractivity contribution in [2.75, 3.05) is 13.6 Å². The number of nitrogens with one attached hydrogen (secondary N) is 1. The molecular weight excluding hydrogens is 320 g/mol. The standard InChI is InChI=1S/C14H23BrN4O/c1-4-10-13(15)12(18(3)17-10)9-19-8-6-5-7-11(19)14(20)16-2/h11H,4-9H2,1-3H3,(H,16,20). The average molecular weight is 343 g/mol. The molecule has 1 unspecified atom stereocenters. The summed E-state index contributed by atoms with van der Waals surface area (Å²) in [6, 6.07) is -0.0133. The Balaban J connectivity index is 2.18. The predicted octanol–water partition coefficient (Wildman–Crippen LogP) is 1.85. The molecule has 1 amide bonds. The maximum Gasteiger partial charge on any atom is 0.237 e. The first-order chi connectivity index (χ1) is 9.58. The highest BCUT2D eigenvalue weighted by molar-refractivity contribution is 9.10. The van der Waals surface area contributed by atoms with Crippen molar-refractivity contribution in [2.45, 2.75) is 45.2 Å². The molecule has 2 rings (SSSR count). The fraction of sp³-hybridized carbons (Fsp3) is 0.714. The van der Waals surface area contributed by atoms with Crippen LogP contribution in [0.2, 0.25) is 0 Å². The molecule has 0 radical (unpaired) electrons. The molecule has 0 aliphatic carbocycles. The monoisotopic (exact) mass is 342 g/mol. The van der Waals surface area contributed by atoms with E-state index in [1.165, 1.54) is 0 Å². The Morgan fingerprint density at radius 3 is 2.85 bits per heavy atom. The number of hydrogen-bond donors (Lipinski definition) is 1. The normalized spacial score (nSPS) is 20.1. The number of aryl methyl sites for hydroxylation is 2. The predicted molar refractivity (Wildman–Crippen MR) is 82.4 cm³/mol. The van der Waals surface area contributed by atoms with Gasteiger partial charge in [-0.05, 0) is 41.7 Å². The van der Waals surface area contributed by atoms with E-state index in [4.69, 9.17) is 0 Å². The van der Waals surface area contributed by atoms with Crippen LogP contribution in [0.3, 0.4) is 0 Å². The number of piperidine rings is 1. The van der Waals surface area contributed by atoms with E-state index in [0.29, 0.717) is 0 Å². The Labute approximate surface area is 128 Å². The van der Waals surface area contributed by atoms with Gasteiger partial charge in [0.25, 0.3) is 0 Å². The smallest absolute Gasteiger partial charge is 0.237 e. The lowest BCUT2D eigenvalue weighted by molar-refractivity contribution is -0.127. The molecule has 0 aromatic carbocycles. The molecule has 2 heterocycles. The molecule has 1 aliphatic heterocycles. The molecule has 0 spiro atoms. The first kappa shape index (κ1) is 15.5. The van der Waals surface area contributed by atoms with Crippen molar-refractivity contribution < 1.29 is 4.79 Å². The van der Waals surface area contributed by atoms with Gasteiger partial charge in [0.1, 0.15) is 0 Å². The van der Waals surface area contributed by atoms with E-state index in [-0.39, 0.29) is 11.9 Å². The first-order valence-corrected chi connectivity index (χ1v) is 8.03. The van der Waals surface area contributed by atoms with Gasteiger partial charge in [-0.3, -0.25) is 14.4 Å². The van der Waals surface area contributed by atoms with Gasteiger partial charge in [-0.2, -0.15) is 5.10 Å². The van der Waals surface area contributed by atoms with E-state index in [2.05, 4.69) is 38.2 Å². The quantitative estimate of drug-likeness (QED) is 0.908. The summed E-state index contributed by atoms with van der Waals surface area (Å²) in [5, 5.41) is 7.31. The average Bonchev–Trinajstić information content (AvgIpc) is 2.74. The van der Waals surface area contributed by atoms with Crippen LogP contribution in [0, 0.1) is 0 Å². The van der Waals surface area contributed by atoms with Crippen LogP contribution in [-0.4, -0.2) is 40.2 Å². The molecule has 0 bridgehead atoms. The SMILES string of the molecule is CCc1nn(C)c(CN2CCCCC2C(=O)NC)c1Br. The Morgan fingerprint density at radius 2 is 2.25 bits per heavy atom. The minimum Gasteiger partial charge on any atom is -0.358 e. The summed E-state index contributed by atoms with van der Waals surface area (Å²) in [5.74, 6) is 0.124. The van der Waals surface area contributed by atoms with Crippen LogP contribution in [0.25, 0.3) is 0 Å². The third-order valence-electron chi connectivity index (χ3n) is 4.02. The van der Waals surface area contributed by atoms with E-state index >= 15 is 0 Å². The van der Waals surface area contributed by atoms with Crippen molar-refractivity contribution in [1.29, 1.82) is 0 Å². The number of rotatable bonds is 4. The van der Waals surface area contributed by atoms with Crippen LogP contribution in [-0.2, 0) is 24.8 Å². The van der Waals surface area contributed by atoms with Gasteiger partial charge in [-0.1, -0.05) is 13.3 Å². The summed E-state index contributed by atoms with van der Waals surface area (Å²) in [6.45, 7) is 3.84. The van der Waals surface area contributed by atoms with E-state index < -0.39 is 0 Å². The number of aromatic nitrogens is 2. The number of carbonyl (C=O) groups is 1. The highest BCUT2D eigenvalue weighted by atomic mass is 79.9. The van der Waals surface area contributed by atoms with E-state index in [1.807, 2.05) is 11.7 Å². The lowest BCUT2D eigenvalue weighted by atomic mass is 10.0. The molecule has 1 aromatic heterocycles. The fourth-order valence-electron chi connectivity index (χ4n) is 2.83. The molecular formula is C14H23BrN4O. The van der Waals surface area contributed by atoms with Gasteiger partial charge >= 0.3 is 0 Å². The van der Waals surface area contributed by atoms with Gasteiger partial charge in [-0.15, -0.1) is 0 Å². The van der Waals surface area contributed by atoms with E-state index in [0.717, 1.165) is 54.6 Å². The molecule has 1 atom stereocenters. The number of likely N-dealkylation sites (tertiary alicyclic amines) is 1. The summed E-state index contributed by atoms with van der Waals surface area (Å²) < 4.78 is 3.02. The summed E-state index contributed by atoms with van der Waals surface area (Å²) in [7, 11) is 3.68. The molecule has 5 nitrogen and oxygen atoms in total. The summed E-state index contributed by atoms with van der Waals surface area (Å²) in [5.41, 5.74) is 2.23. The minimum absolute atomic E-state index is 0.0133. The fourth-order valence-corrected chi connectivity index (χ4v) is 3.57. The second-order valence-electron chi connectivity index (χ2n) is 5.28. The maximum atomic E-state index is 12.0. The van der Waals surface area contributed by atoms with Crippen LogP contribution < -0.4 is 5.32 Å². The molecule has 20 heavy (non-hydrogen) atoms. The molecule has 1 N–H and O–H groups in total. The van der Waals surface area contributed by atoms with Gasteiger partial charge in [0, 0.05) is 20.6 Å². The second kappa shape index (κ2) is 6.72. The molecule has 6 heteroatoms. The van der Waals surface area contributed by atoms with Gasteiger partial charge in [0.15, 0.2) is 0 Å². The highest BCUT2D eigenvalue weighted by Crippen LogP contribution is 2.26. The van der Waals surface area contributed by atoms with E-state index in [9.17, 15) is 4.79 Å². The Morgan fingerprint density at radius 1 is 1.50 bits per heavy atom. The number of nitrogens with zero attached hydrogens (tertiary/aromatic N) is 3. The Hall–Kier alpha value is -0.880. The molecule has 1 aliphatic rings. The lowest BCUT2D eigenvalue weighted by Crippen LogP contribution is -2.48. The Bertz CT molecular complexity index is 486. The van der Waals surface area contributed by atoms with Crippen LogP contribution >= 0.6 is 15.9 Å². The summed E-state index contributed by atoms with van der Waals surface area (Å²) in [4.78, 5) is 14.3. The second-order valence-corrected chi connectivity index (χ2v) is 6.07. The van der Waals surface area contributed by atoms with Gasteiger partial charge in [0.05, 0.1) is 21.9 Å². The van der Waals surface area contributed by atoms with Crippen LogP contribution in [0.5, 0.6) is 0 Å². The maximum absolute atomic E-state index is 12.0. The summed E-state index contributed by atoms with van der Waals surface area (Å²) in [6.07, 6.45) is 4.13. The molecule has 112 valence electrons. The van der Waals surface area contributed by atoms with Gasteiger partial charge < -0.3 is 5.32 Å². The van der Waals surface area contributed by atoms with Crippen molar-refractivity contribution in [1.82, 2.24) is 20.0 Å². The number of carbonyl (C=O) groups excluding carboxylic acids is 1. The minimum atomic E-state index is -0.0133. The molecule has 0 saturated carbocycles. The number of hydrogen-bond acceptors (Lipinski definition) is 3. The Kier molecular flexibility index (Phi) is 5.21. The van der Waals surface area contributed by atoms with Crippen molar-refractivity contribution in [3.63, 3.8) is 0 Å². The number of likely N-dealkylation sites (N-methyl/N-ethyl adjacent to an activating group) is 1.